The van der Waals surface area contributed by atoms with Crippen molar-refractivity contribution in [2.45, 2.75) is 16.3 Å². The number of halogens is 1. The number of hydrogen-bond donors (Lipinski definition) is 3. The van der Waals surface area contributed by atoms with Crippen LogP contribution in [0, 0.1) is 0 Å². The van der Waals surface area contributed by atoms with Crippen molar-refractivity contribution in [2.24, 2.45) is 5.14 Å². The summed E-state index contributed by atoms with van der Waals surface area (Å²) in [6.07, 6.45) is 0. The molecule has 0 aliphatic heterocycles. The van der Waals surface area contributed by atoms with E-state index in [1.807, 2.05) is 0 Å². The molecule has 0 atom stereocenters. The first-order chi connectivity index (χ1) is 16.5. The molecule has 0 radical (unpaired) electrons. The lowest BCUT2D eigenvalue weighted by atomic mass is 10.2. The molecule has 0 saturated carbocycles. The molecular formula is C22H22ClN3O7S2. The van der Waals surface area contributed by atoms with E-state index in [9.17, 15) is 21.6 Å². The molecule has 10 nitrogen and oxygen atoms in total. The second-order valence-electron chi connectivity index (χ2n) is 7.18. The Morgan fingerprint density at radius 2 is 1.57 bits per heavy atom. The number of carbonyl (C=O) groups is 1. The van der Waals surface area contributed by atoms with Crippen molar-refractivity contribution in [3.63, 3.8) is 0 Å². The van der Waals surface area contributed by atoms with Crippen LogP contribution in [-0.2, 0) is 31.4 Å². The van der Waals surface area contributed by atoms with Gasteiger partial charge in [0.1, 0.15) is 11.5 Å². The fourth-order valence-corrected chi connectivity index (χ4v) is 4.73. The van der Waals surface area contributed by atoms with Gasteiger partial charge in [-0.1, -0.05) is 23.7 Å². The summed E-state index contributed by atoms with van der Waals surface area (Å²) in [5, 5.41) is 7.67. The van der Waals surface area contributed by atoms with Gasteiger partial charge in [0, 0.05) is 12.2 Å². The maximum absolute atomic E-state index is 12.6. The van der Waals surface area contributed by atoms with Crippen LogP contribution >= 0.6 is 11.6 Å². The van der Waals surface area contributed by atoms with E-state index in [2.05, 4.69) is 10.0 Å². The number of sulfonamides is 2. The number of nitrogens with two attached hydrogens (primary N) is 1. The molecule has 0 aromatic heterocycles. The molecule has 4 N–H and O–H groups in total. The molecule has 0 fully saturated rings. The van der Waals surface area contributed by atoms with Crippen molar-refractivity contribution >= 4 is 43.2 Å². The summed E-state index contributed by atoms with van der Waals surface area (Å²) in [4.78, 5) is 12.0. The van der Waals surface area contributed by atoms with Crippen LogP contribution in [0.15, 0.2) is 76.5 Å². The Balaban J connectivity index is 1.55. The summed E-state index contributed by atoms with van der Waals surface area (Å²) < 4.78 is 60.7. The van der Waals surface area contributed by atoms with Gasteiger partial charge in [-0.15, -0.1) is 0 Å². The van der Waals surface area contributed by atoms with E-state index in [0.717, 1.165) is 0 Å². The fraction of sp³-hybridized carbons (Fsp3) is 0.136. The first-order valence-corrected chi connectivity index (χ1v) is 13.4. The van der Waals surface area contributed by atoms with Crippen LogP contribution in [0.25, 0.3) is 0 Å². The standard InChI is InChI=1S/C22H22ClN3O7S2/c1-32-17-6-4-16(5-7-17)26-35(30,31)19-10-11-21(20(23)12-19)33-14-22(27)25-13-15-2-8-18(9-3-15)34(24,28)29/h2-12,26H,13-14H2,1H3,(H,25,27)(H2,24,28,29). The van der Waals surface area contributed by atoms with Gasteiger partial charge in [-0.05, 0) is 60.2 Å². The van der Waals surface area contributed by atoms with Gasteiger partial charge < -0.3 is 14.8 Å². The Labute approximate surface area is 208 Å². The minimum absolute atomic E-state index is 0.00832. The number of nitrogens with one attached hydrogen (secondary N) is 2. The molecule has 0 aliphatic rings. The zero-order valence-electron chi connectivity index (χ0n) is 18.4. The van der Waals surface area contributed by atoms with Crippen molar-refractivity contribution in [3.8, 4) is 11.5 Å². The smallest absolute Gasteiger partial charge is 0.261 e. The molecule has 35 heavy (non-hydrogen) atoms. The highest BCUT2D eigenvalue weighted by atomic mass is 35.5. The molecule has 186 valence electrons. The number of carbonyl (C=O) groups excluding carboxylic acids is 1. The SMILES string of the molecule is COc1ccc(NS(=O)(=O)c2ccc(OCC(=O)NCc3ccc(S(N)(=O)=O)cc3)c(Cl)c2)cc1. The largest absolute Gasteiger partial charge is 0.497 e. The van der Waals surface area contributed by atoms with Crippen molar-refractivity contribution < 1.29 is 31.1 Å². The lowest BCUT2D eigenvalue weighted by Crippen LogP contribution is -2.28. The number of rotatable bonds is 10. The lowest BCUT2D eigenvalue weighted by molar-refractivity contribution is -0.123. The molecule has 13 heteroatoms. The first-order valence-electron chi connectivity index (χ1n) is 9.95. The van der Waals surface area contributed by atoms with Crippen LogP contribution in [0.2, 0.25) is 5.02 Å². The lowest BCUT2D eigenvalue weighted by Gasteiger charge is -2.12. The predicted molar refractivity (Wildman–Crippen MR) is 130 cm³/mol. The second-order valence-corrected chi connectivity index (χ2v) is 10.8. The Hall–Kier alpha value is -3.32. The van der Waals surface area contributed by atoms with Crippen LogP contribution in [-0.4, -0.2) is 36.5 Å². The van der Waals surface area contributed by atoms with Gasteiger partial charge in [0.2, 0.25) is 10.0 Å². The summed E-state index contributed by atoms with van der Waals surface area (Å²) in [6, 6.07) is 16.0. The van der Waals surface area contributed by atoms with Gasteiger partial charge in [-0.3, -0.25) is 9.52 Å². The van der Waals surface area contributed by atoms with E-state index in [0.29, 0.717) is 17.0 Å². The van der Waals surface area contributed by atoms with Gasteiger partial charge in [-0.25, -0.2) is 22.0 Å². The molecule has 0 aliphatic carbocycles. The normalized spacial score (nSPS) is 11.5. The van der Waals surface area contributed by atoms with E-state index in [1.165, 1.54) is 49.6 Å². The Morgan fingerprint density at radius 1 is 0.943 bits per heavy atom. The monoisotopic (exact) mass is 539 g/mol. The summed E-state index contributed by atoms with van der Waals surface area (Å²) >= 11 is 6.16. The highest BCUT2D eigenvalue weighted by molar-refractivity contribution is 7.92. The third kappa shape index (κ3) is 7.33. The number of anilines is 1. The number of ether oxygens (including phenoxy) is 2. The quantitative estimate of drug-likeness (QED) is 0.357. The van der Waals surface area contributed by atoms with Gasteiger partial charge >= 0.3 is 0 Å². The van der Waals surface area contributed by atoms with Crippen LogP contribution in [0.3, 0.4) is 0 Å². The summed E-state index contributed by atoms with van der Waals surface area (Å²) in [6.45, 7) is -0.236. The average molecular weight is 540 g/mol. The van der Waals surface area contributed by atoms with Gasteiger partial charge in [0.15, 0.2) is 6.61 Å². The first kappa shape index (κ1) is 26.3. The van der Waals surface area contributed by atoms with Crippen LogP contribution in [0.4, 0.5) is 5.69 Å². The molecule has 0 spiro atoms. The van der Waals surface area contributed by atoms with Crippen molar-refractivity contribution in [3.05, 3.63) is 77.3 Å². The second kappa shape index (κ2) is 11.0. The van der Waals surface area contributed by atoms with Gasteiger partial charge in [0.25, 0.3) is 15.9 Å². The molecule has 1 amide bonds. The van der Waals surface area contributed by atoms with Crippen LogP contribution in [0.1, 0.15) is 5.56 Å². The van der Waals surface area contributed by atoms with E-state index >= 15 is 0 Å². The third-order valence-electron chi connectivity index (χ3n) is 4.66. The number of primary sulfonamides is 1. The Kier molecular flexibility index (Phi) is 8.22. The fourth-order valence-electron chi connectivity index (χ4n) is 2.83. The van der Waals surface area contributed by atoms with Crippen molar-refractivity contribution in [1.82, 2.24) is 5.32 Å². The molecule has 0 bridgehead atoms. The van der Waals surface area contributed by atoms with Crippen LogP contribution in [0.5, 0.6) is 11.5 Å². The van der Waals surface area contributed by atoms with E-state index < -0.39 is 26.0 Å². The van der Waals surface area contributed by atoms with E-state index in [1.54, 1.807) is 24.3 Å². The molecule has 0 unspecified atom stereocenters. The minimum Gasteiger partial charge on any atom is -0.497 e. The highest BCUT2D eigenvalue weighted by Crippen LogP contribution is 2.28. The summed E-state index contributed by atoms with van der Waals surface area (Å²) in [5.41, 5.74) is 1.00. The third-order valence-corrected chi connectivity index (χ3v) is 7.26. The molecule has 0 saturated heterocycles. The van der Waals surface area contributed by atoms with Gasteiger partial charge in [0.05, 0.1) is 21.9 Å². The zero-order chi connectivity index (χ0) is 25.6. The number of amides is 1. The topological polar surface area (TPSA) is 154 Å². The summed E-state index contributed by atoms with van der Waals surface area (Å²) in [5.74, 6) is 0.249. The molecule has 3 aromatic carbocycles. The highest BCUT2D eigenvalue weighted by Gasteiger charge is 2.17. The maximum atomic E-state index is 12.6. The molecule has 0 heterocycles. The zero-order valence-corrected chi connectivity index (χ0v) is 20.8. The van der Waals surface area contributed by atoms with Gasteiger partial charge in [-0.2, -0.15) is 0 Å². The van der Waals surface area contributed by atoms with E-state index in [4.69, 9.17) is 26.2 Å². The number of hydrogen-bond acceptors (Lipinski definition) is 7. The molecule has 3 aromatic rings. The minimum atomic E-state index is -3.91. The Bertz CT molecular complexity index is 1410. The molecular weight excluding hydrogens is 518 g/mol. The average Bonchev–Trinajstić information content (AvgIpc) is 2.82. The van der Waals surface area contributed by atoms with Crippen molar-refractivity contribution in [2.75, 3.05) is 18.4 Å². The predicted octanol–water partition coefficient (Wildman–Crippen LogP) is 2.49. The van der Waals surface area contributed by atoms with E-state index in [-0.39, 0.29) is 33.7 Å². The number of methoxy groups -OCH3 is 1. The Morgan fingerprint density at radius 3 is 2.14 bits per heavy atom. The molecule has 3 rings (SSSR count). The van der Waals surface area contributed by atoms with Crippen LogP contribution < -0.4 is 24.7 Å². The summed E-state index contributed by atoms with van der Waals surface area (Å²) in [7, 11) is -6.20. The maximum Gasteiger partial charge on any atom is 0.261 e. The number of benzene rings is 3. The van der Waals surface area contributed by atoms with Crippen molar-refractivity contribution in [1.29, 1.82) is 0 Å².